The van der Waals surface area contributed by atoms with E-state index in [1.807, 2.05) is 0 Å². The number of hydrogen-bond acceptors (Lipinski definition) is 6. The molecule has 0 aliphatic rings. The van der Waals surface area contributed by atoms with E-state index in [4.69, 9.17) is 11.6 Å². The molecule has 0 bridgehead atoms. The van der Waals surface area contributed by atoms with Crippen molar-refractivity contribution < 1.29 is 22.9 Å². The Bertz CT molecular complexity index is 646. The molecule has 0 fully saturated rings. The second kappa shape index (κ2) is 7.34. The van der Waals surface area contributed by atoms with Gasteiger partial charge in [0.15, 0.2) is 0 Å². The first-order valence-electron chi connectivity index (χ1n) is 5.87. The molecule has 10 heteroatoms. The number of benzene rings is 1. The van der Waals surface area contributed by atoms with Gasteiger partial charge in [-0.2, -0.15) is 0 Å². The summed E-state index contributed by atoms with van der Waals surface area (Å²) in [5.41, 5.74) is -0.509. The van der Waals surface area contributed by atoms with Gasteiger partial charge in [-0.25, -0.2) is 13.1 Å². The average Bonchev–Trinajstić information content (AvgIpc) is 2.38. The summed E-state index contributed by atoms with van der Waals surface area (Å²) in [7, 11) is -3.96. The second-order valence-electron chi connectivity index (χ2n) is 3.82. The van der Waals surface area contributed by atoms with E-state index < -0.39 is 26.6 Å². The number of esters is 1. The van der Waals surface area contributed by atoms with Crippen LogP contribution in [0.5, 0.6) is 0 Å². The average molecular weight is 337 g/mol. The van der Waals surface area contributed by atoms with E-state index in [0.717, 1.165) is 18.2 Å². The van der Waals surface area contributed by atoms with Crippen LogP contribution in [0.15, 0.2) is 23.1 Å². The van der Waals surface area contributed by atoms with Crippen LogP contribution in [-0.2, 0) is 19.6 Å². The van der Waals surface area contributed by atoms with Crippen molar-refractivity contribution in [3.05, 3.63) is 33.3 Å². The van der Waals surface area contributed by atoms with Crippen molar-refractivity contribution in [2.75, 3.05) is 13.2 Å². The van der Waals surface area contributed by atoms with Gasteiger partial charge in [-0.05, 0) is 19.1 Å². The fourth-order valence-electron chi connectivity index (χ4n) is 1.40. The SMILES string of the molecule is CCOC(=O)CCNS(=O)(=O)c1ccc(Cl)c([N+](=O)[O-])c1. The number of nitro groups is 1. The van der Waals surface area contributed by atoms with Gasteiger partial charge in [0.25, 0.3) is 5.69 Å². The van der Waals surface area contributed by atoms with Crippen molar-refractivity contribution in [1.82, 2.24) is 4.72 Å². The van der Waals surface area contributed by atoms with Gasteiger partial charge in [0, 0.05) is 12.6 Å². The van der Waals surface area contributed by atoms with Crippen LogP contribution < -0.4 is 4.72 Å². The van der Waals surface area contributed by atoms with E-state index in [1.165, 1.54) is 0 Å². The van der Waals surface area contributed by atoms with Gasteiger partial charge in [-0.1, -0.05) is 11.6 Å². The molecule has 0 saturated carbocycles. The number of carbonyl (C=O) groups is 1. The summed E-state index contributed by atoms with van der Waals surface area (Å²) >= 11 is 5.60. The lowest BCUT2D eigenvalue weighted by molar-refractivity contribution is -0.384. The third-order valence-electron chi connectivity index (χ3n) is 2.35. The fourth-order valence-corrected chi connectivity index (χ4v) is 2.64. The molecule has 0 aliphatic carbocycles. The lowest BCUT2D eigenvalue weighted by Gasteiger charge is -2.07. The Morgan fingerprint density at radius 2 is 2.14 bits per heavy atom. The first kappa shape index (κ1) is 17.3. The van der Waals surface area contributed by atoms with Crippen molar-refractivity contribution in [2.24, 2.45) is 0 Å². The Balaban J connectivity index is 2.81. The van der Waals surface area contributed by atoms with Crippen molar-refractivity contribution in [1.29, 1.82) is 0 Å². The van der Waals surface area contributed by atoms with E-state index in [0.29, 0.717) is 0 Å². The molecule has 21 heavy (non-hydrogen) atoms. The number of halogens is 1. The molecule has 1 aromatic rings. The van der Waals surface area contributed by atoms with Crippen LogP contribution >= 0.6 is 11.6 Å². The van der Waals surface area contributed by atoms with Gasteiger partial charge < -0.3 is 4.74 Å². The van der Waals surface area contributed by atoms with E-state index in [9.17, 15) is 23.3 Å². The maximum atomic E-state index is 11.9. The van der Waals surface area contributed by atoms with Crippen LogP contribution in [0, 0.1) is 10.1 Å². The smallest absolute Gasteiger partial charge is 0.307 e. The predicted molar refractivity (Wildman–Crippen MR) is 74.5 cm³/mol. The van der Waals surface area contributed by atoms with Gasteiger partial charge in [0.2, 0.25) is 10.0 Å². The van der Waals surface area contributed by atoms with Crippen LogP contribution in [-0.4, -0.2) is 32.5 Å². The minimum absolute atomic E-state index is 0.136. The van der Waals surface area contributed by atoms with Crippen LogP contribution in [0.25, 0.3) is 0 Å². The quantitative estimate of drug-likeness (QED) is 0.458. The molecule has 1 rings (SSSR count). The summed E-state index contributed by atoms with van der Waals surface area (Å²) in [4.78, 5) is 20.7. The van der Waals surface area contributed by atoms with Gasteiger partial charge in [-0.3, -0.25) is 14.9 Å². The molecular weight excluding hydrogens is 324 g/mol. The standard InChI is InChI=1S/C11H13ClN2O6S/c1-2-20-11(15)5-6-13-21(18,19)8-3-4-9(12)10(7-8)14(16)17/h3-4,7,13H,2,5-6H2,1H3. The van der Waals surface area contributed by atoms with Crippen molar-refractivity contribution >= 4 is 33.3 Å². The molecule has 8 nitrogen and oxygen atoms in total. The Kier molecular flexibility index (Phi) is 6.06. The normalized spacial score (nSPS) is 11.1. The number of ether oxygens (including phenoxy) is 1. The van der Waals surface area contributed by atoms with E-state index in [1.54, 1.807) is 6.92 Å². The highest BCUT2D eigenvalue weighted by atomic mass is 35.5. The molecule has 0 radical (unpaired) electrons. The zero-order chi connectivity index (χ0) is 16.0. The molecule has 0 aliphatic heterocycles. The molecular formula is C11H13ClN2O6S. The van der Waals surface area contributed by atoms with Crippen LogP contribution in [0.2, 0.25) is 5.02 Å². The number of nitrogens with one attached hydrogen (secondary N) is 1. The maximum absolute atomic E-state index is 11.9. The van der Waals surface area contributed by atoms with Gasteiger partial charge in [0.05, 0.1) is 22.8 Å². The topological polar surface area (TPSA) is 116 Å². The van der Waals surface area contributed by atoms with Crippen molar-refractivity contribution in [2.45, 2.75) is 18.2 Å². The zero-order valence-corrected chi connectivity index (χ0v) is 12.6. The molecule has 1 N–H and O–H groups in total. The van der Waals surface area contributed by atoms with E-state index in [2.05, 4.69) is 9.46 Å². The first-order chi connectivity index (χ1) is 9.77. The summed E-state index contributed by atoms with van der Waals surface area (Å²) in [6.07, 6.45) is -0.136. The Hall–Kier alpha value is -1.71. The Morgan fingerprint density at radius 1 is 1.48 bits per heavy atom. The maximum Gasteiger partial charge on any atom is 0.307 e. The van der Waals surface area contributed by atoms with Gasteiger partial charge in [0.1, 0.15) is 5.02 Å². The number of nitro benzene ring substituents is 1. The Morgan fingerprint density at radius 3 is 2.71 bits per heavy atom. The molecule has 1 aromatic carbocycles. The summed E-state index contributed by atoms with van der Waals surface area (Å²) in [5.74, 6) is -0.540. The Labute approximate surface area is 126 Å². The van der Waals surface area contributed by atoms with E-state index in [-0.39, 0.29) is 29.5 Å². The molecule has 0 saturated heterocycles. The summed E-state index contributed by atoms with van der Waals surface area (Å²) in [5, 5.41) is 10.6. The number of hydrogen-bond donors (Lipinski definition) is 1. The summed E-state index contributed by atoms with van der Waals surface area (Å²) in [6, 6.07) is 3.12. The van der Waals surface area contributed by atoms with Crippen molar-refractivity contribution in [3.63, 3.8) is 0 Å². The lowest BCUT2D eigenvalue weighted by Crippen LogP contribution is -2.26. The monoisotopic (exact) mass is 336 g/mol. The molecule has 0 amide bonds. The number of rotatable bonds is 7. The summed E-state index contributed by atoms with van der Waals surface area (Å²) in [6.45, 7) is 1.67. The zero-order valence-electron chi connectivity index (χ0n) is 11.0. The molecule has 116 valence electrons. The largest absolute Gasteiger partial charge is 0.466 e. The molecule has 0 heterocycles. The summed E-state index contributed by atoms with van der Waals surface area (Å²) < 4.78 is 30.7. The predicted octanol–water partition coefficient (Wildman–Crippen LogP) is 1.48. The number of nitrogens with zero attached hydrogens (tertiary/aromatic N) is 1. The highest BCUT2D eigenvalue weighted by Crippen LogP contribution is 2.26. The first-order valence-corrected chi connectivity index (χ1v) is 7.73. The molecule has 0 aromatic heterocycles. The minimum Gasteiger partial charge on any atom is -0.466 e. The van der Waals surface area contributed by atoms with Crippen LogP contribution in [0.4, 0.5) is 5.69 Å². The number of carbonyl (C=O) groups excluding carboxylic acids is 1. The third-order valence-corrected chi connectivity index (χ3v) is 4.13. The van der Waals surface area contributed by atoms with Gasteiger partial charge >= 0.3 is 5.97 Å². The lowest BCUT2D eigenvalue weighted by atomic mass is 10.3. The van der Waals surface area contributed by atoms with Crippen molar-refractivity contribution in [3.8, 4) is 0 Å². The highest BCUT2D eigenvalue weighted by Gasteiger charge is 2.20. The second-order valence-corrected chi connectivity index (χ2v) is 6.00. The molecule has 0 spiro atoms. The minimum atomic E-state index is -3.96. The fraction of sp³-hybridized carbons (Fsp3) is 0.364. The molecule has 0 unspecified atom stereocenters. The van der Waals surface area contributed by atoms with Crippen LogP contribution in [0.3, 0.4) is 0 Å². The third kappa shape index (κ3) is 4.96. The van der Waals surface area contributed by atoms with E-state index >= 15 is 0 Å². The molecule has 0 atom stereocenters. The van der Waals surface area contributed by atoms with Crippen LogP contribution in [0.1, 0.15) is 13.3 Å². The number of sulfonamides is 1. The highest BCUT2D eigenvalue weighted by molar-refractivity contribution is 7.89. The van der Waals surface area contributed by atoms with Gasteiger partial charge in [-0.15, -0.1) is 0 Å².